The summed E-state index contributed by atoms with van der Waals surface area (Å²) in [5.41, 5.74) is 0.943. The van der Waals surface area contributed by atoms with Gasteiger partial charge in [0, 0.05) is 29.5 Å². The minimum Gasteiger partial charge on any atom is -0.456 e. The first kappa shape index (κ1) is 26.3. The number of anilines is 1. The highest BCUT2D eigenvalue weighted by molar-refractivity contribution is 6.06. The highest BCUT2D eigenvalue weighted by Gasteiger charge is 2.47. The van der Waals surface area contributed by atoms with Crippen LogP contribution < -0.4 is 15.5 Å². The van der Waals surface area contributed by atoms with E-state index in [1.807, 2.05) is 32.0 Å². The zero-order valence-corrected chi connectivity index (χ0v) is 21.4. The van der Waals surface area contributed by atoms with Gasteiger partial charge in [-0.15, -0.1) is 0 Å². The fourth-order valence-corrected chi connectivity index (χ4v) is 5.00. The van der Waals surface area contributed by atoms with Crippen molar-refractivity contribution in [2.45, 2.75) is 56.9 Å². The van der Waals surface area contributed by atoms with E-state index in [0.717, 1.165) is 29.5 Å². The van der Waals surface area contributed by atoms with Gasteiger partial charge in [-0.3, -0.25) is 10.1 Å². The van der Waals surface area contributed by atoms with Crippen molar-refractivity contribution in [1.82, 2.24) is 10.6 Å². The second-order valence-corrected chi connectivity index (χ2v) is 10.6. The van der Waals surface area contributed by atoms with Gasteiger partial charge in [0.2, 0.25) is 5.91 Å². The van der Waals surface area contributed by atoms with Gasteiger partial charge in [0.15, 0.2) is 0 Å². The van der Waals surface area contributed by atoms with Crippen LogP contribution in [-0.4, -0.2) is 50.0 Å². The number of alkyl halides is 3. The fraction of sp³-hybridized carbons (Fsp3) is 0.500. The molecule has 2 atom stereocenters. The standard InChI is InChI=1S/C28H31F3N4O3/c1-17(2)13-22(26(36)34-27(16-32)7-8-27)33-25(28(29,30)31)18-3-5-20-21-15-19(35-9-11-37-12-10-35)4-6-23(21)38-24(20)14-18/h3-6,14-15,17,22,25,33H,7-13H2,1-2H3,(H,34,36)/t22-,25-/m0/s1. The molecule has 10 heteroatoms. The molecular formula is C28H31F3N4O3. The molecule has 1 aliphatic heterocycles. The normalized spacial score (nSPS) is 18.9. The van der Waals surface area contributed by atoms with Crippen molar-refractivity contribution in [2.24, 2.45) is 5.92 Å². The lowest BCUT2D eigenvalue weighted by atomic mass is 9.98. The number of amides is 1. The molecule has 7 nitrogen and oxygen atoms in total. The predicted octanol–water partition coefficient (Wildman–Crippen LogP) is 5.20. The Morgan fingerprint density at radius 2 is 1.84 bits per heavy atom. The van der Waals surface area contributed by atoms with Crippen molar-refractivity contribution in [1.29, 1.82) is 5.26 Å². The maximum atomic E-state index is 14.4. The van der Waals surface area contributed by atoms with Crippen LogP contribution in [0.4, 0.5) is 18.9 Å². The number of carbonyl (C=O) groups is 1. The highest BCUT2D eigenvalue weighted by atomic mass is 19.4. The first-order valence-corrected chi connectivity index (χ1v) is 12.9. The van der Waals surface area contributed by atoms with Crippen LogP contribution in [0.2, 0.25) is 0 Å². The monoisotopic (exact) mass is 528 g/mol. The number of halogens is 3. The summed E-state index contributed by atoms with van der Waals surface area (Å²) in [6, 6.07) is 9.12. The van der Waals surface area contributed by atoms with Gasteiger partial charge in [-0.2, -0.15) is 18.4 Å². The summed E-state index contributed by atoms with van der Waals surface area (Å²) in [4.78, 5) is 15.2. The summed E-state index contributed by atoms with van der Waals surface area (Å²) in [7, 11) is 0. The molecule has 2 heterocycles. The molecule has 38 heavy (non-hydrogen) atoms. The van der Waals surface area contributed by atoms with Crippen LogP contribution in [0.1, 0.15) is 44.7 Å². The molecule has 5 rings (SSSR count). The molecule has 0 bridgehead atoms. The van der Waals surface area contributed by atoms with Crippen LogP contribution >= 0.6 is 0 Å². The summed E-state index contributed by atoms with van der Waals surface area (Å²) in [6.07, 6.45) is -3.47. The molecule has 0 radical (unpaired) electrons. The quantitative estimate of drug-likeness (QED) is 0.418. The molecule has 3 aromatic rings. The minimum atomic E-state index is -4.66. The number of hydrogen-bond donors (Lipinski definition) is 2. The number of nitrogens with one attached hydrogen (secondary N) is 2. The molecule has 0 unspecified atom stereocenters. The third kappa shape index (κ3) is 5.45. The number of nitriles is 1. The van der Waals surface area contributed by atoms with Crippen molar-refractivity contribution < 1.29 is 27.1 Å². The maximum absolute atomic E-state index is 14.4. The van der Waals surface area contributed by atoms with Gasteiger partial charge in [-0.05, 0) is 55.0 Å². The summed E-state index contributed by atoms with van der Waals surface area (Å²) >= 11 is 0. The average Bonchev–Trinajstić information content (AvgIpc) is 3.56. The van der Waals surface area contributed by atoms with E-state index in [2.05, 4.69) is 21.6 Å². The molecular weight excluding hydrogens is 497 g/mol. The van der Waals surface area contributed by atoms with E-state index >= 15 is 0 Å². The number of carbonyl (C=O) groups excluding carboxylic acids is 1. The second kappa shape index (κ2) is 10.1. The molecule has 0 spiro atoms. The molecule has 202 valence electrons. The molecule has 2 aliphatic rings. The smallest absolute Gasteiger partial charge is 0.407 e. The lowest BCUT2D eigenvalue weighted by molar-refractivity contribution is -0.161. The average molecular weight is 529 g/mol. The lowest BCUT2D eigenvalue weighted by Gasteiger charge is -2.29. The zero-order valence-electron chi connectivity index (χ0n) is 21.4. The first-order valence-electron chi connectivity index (χ1n) is 12.9. The van der Waals surface area contributed by atoms with Crippen LogP contribution in [0.5, 0.6) is 0 Å². The number of furan rings is 1. The Morgan fingerprint density at radius 3 is 2.47 bits per heavy atom. The second-order valence-electron chi connectivity index (χ2n) is 10.6. The molecule has 2 fully saturated rings. The van der Waals surface area contributed by atoms with Crippen LogP contribution in [0, 0.1) is 17.2 Å². The number of ether oxygens (including phenoxy) is 1. The summed E-state index contributed by atoms with van der Waals surface area (Å²) in [5, 5.41) is 16.1. The first-order chi connectivity index (χ1) is 18.1. The number of fused-ring (bicyclic) bond motifs is 3. The Labute approximate surface area is 218 Å². The Balaban J connectivity index is 1.45. The lowest BCUT2D eigenvalue weighted by Crippen LogP contribution is -2.52. The number of nitrogens with zero attached hydrogens (tertiary/aromatic N) is 2. The van der Waals surface area contributed by atoms with Gasteiger partial charge in [0.1, 0.15) is 22.7 Å². The van der Waals surface area contributed by atoms with E-state index in [4.69, 9.17) is 9.15 Å². The van der Waals surface area contributed by atoms with E-state index in [0.29, 0.717) is 37.2 Å². The Morgan fingerprint density at radius 1 is 1.11 bits per heavy atom. The van der Waals surface area contributed by atoms with Crippen LogP contribution in [0.15, 0.2) is 40.8 Å². The van der Waals surface area contributed by atoms with Crippen molar-refractivity contribution in [3.63, 3.8) is 0 Å². The van der Waals surface area contributed by atoms with E-state index in [9.17, 15) is 23.2 Å². The number of benzene rings is 2. The summed E-state index contributed by atoms with van der Waals surface area (Å²) < 4.78 is 54.4. The van der Waals surface area contributed by atoms with Gasteiger partial charge in [0.05, 0.1) is 25.3 Å². The molecule has 2 aromatic carbocycles. The Hall–Kier alpha value is -3.29. The van der Waals surface area contributed by atoms with Crippen LogP contribution in [0.3, 0.4) is 0 Å². The van der Waals surface area contributed by atoms with E-state index < -0.39 is 29.7 Å². The van der Waals surface area contributed by atoms with Crippen LogP contribution in [0.25, 0.3) is 21.9 Å². The van der Waals surface area contributed by atoms with Gasteiger partial charge in [0.25, 0.3) is 0 Å². The molecule has 1 aliphatic carbocycles. The predicted molar refractivity (Wildman–Crippen MR) is 138 cm³/mol. The van der Waals surface area contributed by atoms with Crippen molar-refractivity contribution in [3.05, 3.63) is 42.0 Å². The van der Waals surface area contributed by atoms with Crippen molar-refractivity contribution in [3.8, 4) is 6.07 Å². The number of hydrogen-bond acceptors (Lipinski definition) is 6. The summed E-state index contributed by atoms with van der Waals surface area (Å²) in [6.45, 7) is 6.51. The summed E-state index contributed by atoms with van der Waals surface area (Å²) in [5.74, 6) is -0.629. The fourth-order valence-electron chi connectivity index (χ4n) is 5.00. The highest BCUT2D eigenvalue weighted by Crippen LogP contribution is 2.39. The molecule has 1 amide bonds. The largest absolute Gasteiger partial charge is 0.456 e. The van der Waals surface area contributed by atoms with Gasteiger partial charge in [-0.25, -0.2) is 0 Å². The zero-order chi connectivity index (χ0) is 27.1. The van der Waals surface area contributed by atoms with Gasteiger partial charge in [-0.1, -0.05) is 26.0 Å². The number of morpholine rings is 1. The van der Waals surface area contributed by atoms with E-state index in [1.165, 1.54) is 12.1 Å². The third-order valence-corrected chi connectivity index (χ3v) is 7.23. The van der Waals surface area contributed by atoms with E-state index in [1.54, 1.807) is 6.07 Å². The molecule has 1 saturated heterocycles. The number of rotatable bonds is 8. The van der Waals surface area contributed by atoms with E-state index in [-0.39, 0.29) is 17.9 Å². The van der Waals surface area contributed by atoms with Crippen molar-refractivity contribution >= 4 is 33.5 Å². The molecule has 1 saturated carbocycles. The van der Waals surface area contributed by atoms with Gasteiger partial charge >= 0.3 is 6.18 Å². The topological polar surface area (TPSA) is 90.5 Å². The van der Waals surface area contributed by atoms with Crippen molar-refractivity contribution in [2.75, 3.05) is 31.2 Å². The van der Waals surface area contributed by atoms with Gasteiger partial charge < -0.3 is 19.4 Å². The third-order valence-electron chi connectivity index (χ3n) is 7.23. The Bertz CT molecular complexity index is 1370. The SMILES string of the molecule is CC(C)C[C@H](N[C@@H](c1ccc2c(c1)oc1ccc(N3CCOCC3)cc12)C(F)(F)F)C(=O)NC1(C#N)CC1. The Kier molecular flexibility index (Phi) is 7.01. The van der Waals surface area contributed by atoms with Crippen LogP contribution in [-0.2, 0) is 9.53 Å². The maximum Gasteiger partial charge on any atom is 0.407 e. The molecule has 1 aromatic heterocycles. The minimum absolute atomic E-state index is 0.0390. The molecule has 2 N–H and O–H groups in total.